The molecule has 2 aromatic rings. The maximum absolute atomic E-state index is 11.8. The standard InChI is InChI=1S/C18H13N3OS2/c19-12-20-18-21-17(22)16(24-18)10-13-6-8-15(9-7-13)23-11-14-4-2-1-3-5-14/h1-10H,11H2,(H,20,21,22)/b16-10-. The van der Waals surface area contributed by atoms with Crippen LogP contribution in [0.2, 0.25) is 0 Å². The van der Waals surface area contributed by atoms with E-state index in [1.165, 1.54) is 22.2 Å². The van der Waals surface area contributed by atoms with E-state index < -0.39 is 0 Å². The average molecular weight is 351 g/mol. The minimum absolute atomic E-state index is 0.225. The first kappa shape index (κ1) is 16.4. The number of rotatable bonds is 4. The number of aliphatic imine (C=N–C) groups is 1. The van der Waals surface area contributed by atoms with Gasteiger partial charge in [-0.2, -0.15) is 5.26 Å². The van der Waals surface area contributed by atoms with Crippen LogP contribution in [0.4, 0.5) is 0 Å². The maximum Gasteiger partial charge on any atom is 0.264 e. The summed E-state index contributed by atoms with van der Waals surface area (Å²) in [5.74, 6) is 0.699. The van der Waals surface area contributed by atoms with E-state index >= 15 is 0 Å². The monoisotopic (exact) mass is 351 g/mol. The van der Waals surface area contributed by atoms with Crippen LogP contribution in [0.25, 0.3) is 6.08 Å². The number of amides is 1. The molecule has 1 saturated heterocycles. The minimum atomic E-state index is -0.225. The van der Waals surface area contributed by atoms with Gasteiger partial charge in [-0.1, -0.05) is 42.5 Å². The first-order valence-electron chi connectivity index (χ1n) is 7.19. The highest BCUT2D eigenvalue weighted by Gasteiger charge is 2.23. The van der Waals surface area contributed by atoms with Gasteiger partial charge < -0.3 is 0 Å². The van der Waals surface area contributed by atoms with E-state index in [1.54, 1.807) is 24.0 Å². The molecule has 2 aromatic carbocycles. The summed E-state index contributed by atoms with van der Waals surface area (Å²) in [6, 6.07) is 18.4. The molecule has 24 heavy (non-hydrogen) atoms. The number of hydrogen-bond acceptors (Lipinski definition) is 5. The van der Waals surface area contributed by atoms with Gasteiger partial charge in [0.1, 0.15) is 0 Å². The quantitative estimate of drug-likeness (QED) is 0.513. The Bertz CT molecular complexity index is 837. The Hall–Kier alpha value is -2.49. The van der Waals surface area contributed by atoms with Crippen molar-refractivity contribution in [3.63, 3.8) is 0 Å². The van der Waals surface area contributed by atoms with Crippen molar-refractivity contribution in [1.82, 2.24) is 5.32 Å². The lowest BCUT2D eigenvalue weighted by molar-refractivity contribution is -0.115. The summed E-state index contributed by atoms with van der Waals surface area (Å²) < 4.78 is 0. The van der Waals surface area contributed by atoms with Gasteiger partial charge in [-0.25, -0.2) is 0 Å². The zero-order valence-electron chi connectivity index (χ0n) is 12.6. The molecular weight excluding hydrogens is 338 g/mol. The molecule has 0 atom stereocenters. The number of nitrogens with one attached hydrogen (secondary N) is 1. The average Bonchev–Trinajstić information content (AvgIpc) is 2.95. The van der Waals surface area contributed by atoms with Crippen LogP contribution >= 0.6 is 23.5 Å². The molecule has 1 heterocycles. The second-order valence-corrected chi connectivity index (χ2v) is 7.00. The van der Waals surface area contributed by atoms with Crippen molar-refractivity contribution >= 4 is 40.7 Å². The summed E-state index contributed by atoms with van der Waals surface area (Å²) in [4.78, 5) is 17.1. The molecule has 0 radical (unpaired) electrons. The number of nitrogens with zero attached hydrogens (tertiary/aromatic N) is 2. The van der Waals surface area contributed by atoms with Gasteiger partial charge in [0.05, 0.1) is 4.91 Å². The highest BCUT2D eigenvalue weighted by molar-refractivity contribution is 8.18. The van der Waals surface area contributed by atoms with E-state index in [0.717, 1.165) is 11.3 Å². The molecular formula is C18H13N3OS2. The highest BCUT2D eigenvalue weighted by atomic mass is 32.2. The van der Waals surface area contributed by atoms with Crippen molar-refractivity contribution in [2.24, 2.45) is 4.99 Å². The summed E-state index contributed by atoms with van der Waals surface area (Å²) in [7, 11) is 0. The molecule has 0 unspecified atom stereocenters. The SMILES string of the molecule is N#CN=C1NC(=O)/C(=C/c2ccc(SCc3ccccc3)cc2)S1. The Morgan fingerprint density at radius 3 is 2.62 bits per heavy atom. The number of carbonyl (C=O) groups excluding carboxylic acids is 1. The lowest BCUT2D eigenvalue weighted by Gasteiger charge is -2.03. The molecule has 1 aliphatic rings. The summed E-state index contributed by atoms with van der Waals surface area (Å²) in [5.41, 5.74) is 2.23. The molecule has 0 spiro atoms. The number of hydrogen-bond donors (Lipinski definition) is 1. The first-order valence-corrected chi connectivity index (χ1v) is 8.99. The third-order valence-corrected chi connectivity index (χ3v) is 5.22. The van der Waals surface area contributed by atoms with Crippen molar-refractivity contribution in [2.45, 2.75) is 10.6 Å². The molecule has 0 aliphatic carbocycles. The van der Waals surface area contributed by atoms with Crippen LogP contribution in [0.5, 0.6) is 0 Å². The van der Waals surface area contributed by atoms with Crippen LogP contribution in [-0.2, 0) is 10.5 Å². The normalized spacial score (nSPS) is 17.0. The van der Waals surface area contributed by atoms with E-state index in [-0.39, 0.29) is 5.91 Å². The topological polar surface area (TPSA) is 65.2 Å². The Labute approximate surface area is 148 Å². The van der Waals surface area contributed by atoms with Crippen LogP contribution in [0.15, 0.2) is 69.4 Å². The number of benzene rings is 2. The van der Waals surface area contributed by atoms with Crippen LogP contribution in [0, 0.1) is 11.5 Å². The van der Waals surface area contributed by atoms with Gasteiger partial charge in [-0.05, 0) is 41.1 Å². The van der Waals surface area contributed by atoms with E-state index in [0.29, 0.717) is 10.1 Å². The molecule has 4 nitrogen and oxygen atoms in total. The van der Waals surface area contributed by atoms with Crippen LogP contribution in [0.1, 0.15) is 11.1 Å². The largest absolute Gasteiger partial charge is 0.300 e. The molecule has 1 fully saturated rings. The maximum atomic E-state index is 11.8. The zero-order valence-corrected chi connectivity index (χ0v) is 14.2. The van der Waals surface area contributed by atoms with Crippen LogP contribution < -0.4 is 5.32 Å². The summed E-state index contributed by atoms with van der Waals surface area (Å²) >= 11 is 2.94. The fourth-order valence-electron chi connectivity index (χ4n) is 2.08. The smallest absolute Gasteiger partial charge is 0.264 e. The highest BCUT2D eigenvalue weighted by Crippen LogP contribution is 2.27. The van der Waals surface area contributed by atoms with Crippen molar-refractivity contribution in [1.29, 1.82) is 5.26 Å². The summed E-state index contributed by atoms with van der Waals surface area (Å²) in [6.07, 6.45) is 3.47. The van der Waals surface area contributed by atoms with E-state index in [9.17, 15) is 4.79 Å². The summed E-state index contributed by atoms with van der Waals surface area (Å²) in [5, 5.41) is 11.4. The Balaban J connectivity index is 1.65. The lowest BCUT2D eigenvalue weighted by atomic mass is 10.2. The number of carbonyl (C=O) groups is 1. The van der Waals surface area contributed by atoms with Gasteiger partial charge in [-0.15, -0.1) is 16.8 Å². The predicted octanol–water partition coefficient (Wildman–Crippen LogP) is 4.02. The Morgan fingerprint density at radius 1 is 1.17 bits per heavy atom. The van der Waals surface area contributed by atoms with Gasteiger partial charge in [0.25, 0.3) is 5.91 Å². The third-order valence-electron chi connectivity index (χ3n) is 3.23. The van der Waals surface area contributed by atoms with Gasteiger partial charge in [0, 0.05) is 10.6 Å². The second kappa shape index (κ2) is 7.86. The molecule has 6 heteroatoms. The fourth-order valence-corrected chi connectivity index (χ4v) is 3.71. The van der Waals surface area contributed by atoms with Crippen LogP contribution in [0.3, 0.4) is 0 Å². The molecule has 1 N–H and O–H groups in total. The number of amidine groups is 1. The molecule has 0 bridgehead atoms. The number of nitriles is 1. The zero-order chi connectivity index (χ0) is 16.8. The molecule has 1 aliphatic heterocycles. The van der Waals surface area contributed by atoms with E-state index in [1.807, 2.05) is 42.5 Å². The molecule has 1 amide bonds. The molecule has 0 saturated carbocycles. The van der Waals surface area contributed by atoms with E-state index in [2.05, 4.69) is 22.4 Å². The van der Waals surface area contributed by atoms with E-state index in [4.69, 9.17) is 5.26 Å². The second-order valence-electron chi connectivity index (χ2n) is 4.93. The first-order chi connectivity index (χ1) is 11.7. The van der Waals surface area contributed by atoms with Gasteiger partial charge in [0.2, 0.25) is 6.19 Å². The van der Waals surface area contributed by atoms with Crippen LogP contribution in [-0.4, -0.2) is 11.1 Å². The Kier molecular flexibility index (Phi) is 5.36. The minimum Gasteiger partial charge on any atom is -0.300 e. The molecule has 0 aromatic heterocycles. The van der Waals surface area contributed by atoms with Crippen molar-refractivity contribution in [2.75, 3.05) is 0 Å². The molecule has 3 rings (SSSR count). The van der Waals surface area contributed by atoms with Gasteiger partial charge in [0.15, 0.2) is 5.17 Å². The Morgan fingerprint density at radius 2 is 1.92 bits per heavy atom. The summed E-state index contributed by atoms with van der Waals surface area (Å²) in [6.45, 7) is 0. The fraction of sp³-hybridized carbons (Fsp3) is 0.0556. The number of thioether (sulfide) groups is 2. The van der Waals surface area contributed by atoms with Gasteiger partial charge >= 0.3 is 0 Å². The third kappa shape index (κ3) is 4.28. The van der Waals surface area contributed by atoms with Crippen molar-refractivity contribution < 1.29 is 4.79 Å². The van der Waals surface area contributed by atoms with Crippen molar-refractivity contribution in [3.8, 4) is 6.19 Å². The van der Waals surface area contributed by atoms with Gasteiger partial charge in [-0.3, -0.25) is 10.1 Å². The molecule has 118 valence electrons. The predicted molar refractivity (Wildman–Crippen MR) is 99.2 cm³/mol. The van der Waals surface area contributed by atoms with Crippen molar-refractivity contribution in [3.05, 3.63) is 70.6 Å². The lowest BCUT2D eigenvalue weighted by Crippen LogP contribution is -2.19.